The summed E-state index contributed by atoms with van der Waals surface area (Å²) in [6.45, 7) is 2.00. The second-order valence-electron chi connectivity index (χ2n) is 4.97. The standard InChI is InChI=1S/C15H19NO3/c1-2-10-6-3-4-7-11(10)14(17)16-13-9-5-8-12(13)15(18)19/h3-4,6-7,12-13H,2,5,8-9H2,1H3,(H,16,17)(H,18,19). The maximum absolute atomic E-state index is 12.2. The number of hydrogen-bond acceptors (Lipinski definition) is 2. The van der Waals surface area contributed by atoms with Crippen LogP contribution in [0.1, 0.15) is 42.1 Å². The fourth-order valence-electron chi connectivity index (χ4n) is 2.72. The molecule has 0 spiro atoms. The summed E-state index contributed by atoms with van der Waals surface area (Å²) >= 11 is 0. The zero-order chi connectivity index (χ0) is 13.8. The largest absolute Gasteiger partial charge is 0.481 e. The summed E-state index contributed by atoms with van der Waals surface area (Å²) in [5.74, 6) is -1.42. The van der Waals surface area contributed by atoms with E-state index in [9.17, 15) is 9.59 Å². The summed E-state index contributed by atoms with van der Waals surface area (Å²) in [5, 5.41) is 12.0. The average molecular weight is 261 g/mol. The molecule has 1 aromatic carbocycles. The predicted molar refractivity (Wildman–Crippen MR) is 72.1 cm³/mol. The molecule has 4 heteroatoms. The van der Waals surface area contributed by atoms with Gasteiger partial charge in [0.2, 0.25) is 0 Å². The van der Waals surface area contributed by atoms with Crippen LogP contribution in [0.15, 0.2) is 24.3 Å². The van der Waals surface area contributed by atoms with Crippen molar-refractivity contribution < 1.29 is 14.7 Å². The van der Waals surface area contributed by atoms with E-state index in [1.54, 1.807) is 6.07 Å². The molecule has 2 N–H and O–H groups in total. The van der Waals surface area contributed by atoms with Gasteiger partial charge in [-0.2, -0.15) is 0 Å². The maximum atomic E-state index is 12.2. The number of carbonyl (C=O) groups excluding carboxylic acids is 1. The van der Waals surface area contributed by atoms with Crippen LogP contribution in [0.3, 0.4) is 0 Å². The molecule has 102 valence electrons. The smallest absolute Gasteiger partial charge is 0.308 e. The van der Waals surface area contributed by atoms with Gasteiger partial charge < -0.3 is 10.4 Å². The van der Waals surface area contributed by atoms with Crippen molar-refractivity contribution in [1.29, 1.82) is 0 Å². The first kappa shape index (κ1) is 13.6. The van der Waals surface area contributed by atoms with Gasteiger partial charge in [0, 0.05) is 11.6 Å². The minimum absolute atomic E-state index is 0.157. The van der Waals surface area contributed by atoms with E-state index in [0.717, 1.165) is 24.8 Å². The molecule has 0 radical (unpaired) electrons. The number of carbonyl (C=O) groups is 2. The van der Waals surface area contributed by atoms with E-state index in [4.69, 9.17) is 5.11 Å². The van der Waals surface area contributed by atoms with Crippen LogP contribution >= 0.6 is 0 Å². The van der Waals surface area contributed by atoms with Crippen molar-refractivity contribution >= 4 is 11.9 Å². The molecule has 1 aromatic rings. The monoisotopic (exact) mass is 261 g/mol. The molecule has 1 aliphatic carbocycles. The third kappa shape index (κ3) is 2.95. The number of rotatable bonds is 4. The lowest BCUT2D eigenvalue weighted by Crippen LogP contribution is -2.40. The molecule has 2 rings (SSSR count). The van der Waals surface area contributed by atoms with E-state index in [0.29, 0.717) is 12.0 Å². The van der Waals surface area contributed by atoms with Crippen molar-refractivity contribution in [3.63, 3.8) is 0 Å². The molecule has 2 atom stereocenters. The van der Waals surface area contributed by atoms with Crippen molar-refractivity contribution in [1.82, 2.24) is 5.32 Å². The van der Waals surface area contributed by atoms with Gasteiger partial charge in [-0.05, 0) is 30.9 Å². The summed E-state index contributed by atoms with van der Waals surface area (Å²) in [5.41, 5.74) is 1.64. The van der Waals surface area contributed by atoms with Gasteiger partial charge >= 0.3 is 5.97 Å². The molecule has 2 unspecified atom stereocenters. The minimum atomic E-state index is -0.813. The van der Waals surface area contributed by atoms with Gasteiger partial charge in [-0.25, -0.2) is 0 Å². The van der Waals surface area contributed by atoms with Crippen LogP contribution in [-0.2, 0) is 11.2 Å². The highest BCUT2D eigenvalue weighted by Crippen LogP contribution is 2.26. The highest BCUT2D eigenvalue weighted by atomic mass is 16.4. The molecule has 1 aliphatic rings. The lowest BCUT2D eigenvalue weighted by atomic mass is 10.0. The zero-order valence-electron chi connectivity index (χ0n) is 11.1. The molecule has 19 heavy (non-hydrogen) atoms. The van der Waals surface area contributed by atoms with E-state index in [1.165, 1.54) is 0 Å². The highest BCUT2D eigenvalue weighted by molar-refractivity contribution is 5.96. The van der Waals surface area contributed by atoms with Crippen LogP contribution in [0.2, 0.25) is 0 Å². The third-order valence-electron chi connectivity index (χ3n) is 3.79. The maximum Gasteiger partial charge on any atom is 0.308 e. The van der Waals surface area contributed by atoms with E-state index in [2.05, 4.69) is 5.32 Å². The molecule has 0 aromatic heterocycles. The molecule has 4 nitrogen and oxygen atoms in total. The van der Waals surface area contributed by atoms with E-state index < -0.39 is 11.9 Å². The van der Waals surface area contributed by atoms with Crippen LogP contribution in [0.5, 0.6) is 0 Å². The first-order valence-electron chi connectivity index (χ1n) is 6.75. The number of amides is 1. The Morgan fingerprint density at radius 3 is 2.74 bits per heavy atom. The molecular weight excluding hydrogens is 242 g/mol. The van der Waals surface area contributed by atoms with Crippen molar-refractivity contribution in [2.75, 3.05) is 0 Å². The van der Waals surface area contributed by atoms with Crippen LogP contribution in [0, 0.1) is 5.92 Å². The quantitative estimate of drug-likeness (QED) is 0.873. The second kappa shape index (κ2) is 5.87. The molecule has 0 heterocycles. The Kier molecular flexibility index (Phi) is 4.20. The van der Waals surface area contributed by atoms with Gasteiger partial charge in [-0.1, -0.05) is 31.5 Å². The summed E-state index contributed by atoms with van der Waals surface area (Å²) in [6, 6.07) is 7.22. The van der Waals surface area contributed by atoms with Crippen LogP contribution in [-0.4, -0.2) is 23.0 Å². The van der Waals surface area contributed by atoms with Gasteiger partial charge in [0.1, 0.15) is 0 Å². The van der Waals surface area contributed by atoms with Gasteiger partial charge in [-0.15, -0.1) is 0 Å². The molecule has 1 saturated carbocycles. The zero-order valence-corrected chi connectivity index (χ0v) is 11.1. The number of hydrogen-bond donors (Lipinski definition) is 2. The lowest BCUT2D eigenvalue weighted by Gasteiger charge is -2.18. The summed E-state index contributed by atoms with van der Waals surface area (Å²) in [6.07, 6.45) is 3.04. The topological polar surface area (TPSA) is 66.4 Å². The Morgan fingerprint density at radius 2 is 2.05 bits per heavy atom. The van der Waals surface area contributed by atoms with E-state index in [-0.39, 0.29) is 11.9 Å². The minimum Gasteiger partial charge on any atom is -0.481 e. The fraction of sp³-hybridized carbons (Fsp3) is 0.467. The average Bonchev–Trinajstić information content (AvgIpc) is 2.87. The van der Waals surface area contributed by atoms with Gasteiger partial charge in [0.15, 0.2) is 0 Å². The lowest BCUT2D eigenvalue weighted by molar-refractivity contribution is -0.142. The van der Waals surface area contributed by atoms with Crippen LogP contribution in [0.4, 0.5) is 0 Å². The normalized spacial score (nSPS) is 22.2. The predicted octanol–water partition coefficient (Wildman–Crippen LogP) is 2.23. The van der Waals surface area contributed by atoms with Crippen molar-refractivity contribution in [2.24, 2.45) is 5.92 Å². The van der Waals surface area contributed by atoms with Crippen molar-refractivity contribution in [2.45, 2.75) is 38.6 Å². The first-order chi connectivity index (χ1) is 9.13. The summed E-state index contributed by atoms with van der Waals surface area (Å²) in [7, 11) is 0. The molecule has 0 bridgehead atoms. The number of benzene rings is 1. The summed E-state index contributed by atoms with van der Waals surface area (Å²) in [4.78, 5) is 23.3. The molecule has 1 amide bonds. The molecule has 0 aliphatic heterocycles. The van der Waals surface area contributed by atoms with Gasteiger partial charge in [-0.3, -0.25) is 9.59 Å². The SMILES string of the molecule is CCc1ccccc1C(=O)NC1CCCC1C(=O)O. The van der Waals surface area contributed by atoms with Crippen LogP contribution in [0.25, 0.3) is 0 Å². The van der Waals surface area contributed by atoms with Crippen LogP contribution < -0.4 is 5.32 Å². The number of nitrogens with one attached hydrogen (secondary N) is 1. The molecule has 0 saturated heterocycles. The Morgan fingerprint density at radius 1 is 1.32 bits per heavy atom. The highest BCUT2D eigenvalue weighted by Gasteiger charge is 2.34. The fourth-order valence-corrected chi connectivity index (χ4v) is 2.72. The molecular formula is C15H19NO3. The first-order valence-corrected chi connectivity index (χ1v) is 6.75. The summed E-state index contributed by atoms with van der Waals surface area (Å²) < 4.78 is 0. The Hall–Kier alpha value is -1.84. The third-order valence-corrected chi connectivity index (χ3v) is 3.79. The number of aliphatic carboxylic acids is 1. The van der Waals surface area contributed by atoms with Gasteiger partial charge in [0.05, 0.1) is 5.92 Å². The van der Waals surface area contributed by atoms with E-state index in [1.807, 2.05) is 25.1 Å². The van der Waals surface area contributed by atoms with Crippen molar-refractivity contribution in [3.8, 4) is 0 Å². The second-order valence-corrected chi connectivity index (χ2v) is 4.97. The number of carboxylic acid groups (broad SMARTS) is 1. The van der Waals surface area contributed by atoms with Gasteiger partial charge in [0.25, 0.3) is 5.91 Å². The molecule has 1 fully saturated rings. The number of carboxylic acids is 1. The Bertz CT molecular complexity index is 484. The van der Waals surface area contributed by atoms with E-state index >= 15 is 0 Å². The van der Waals surface area contributed by atoms with Crippen molar-refractivity contribution in [3.05, 3.63) is 35.4 Å². The Labute approximate surface area is 112 Å². The number of aryl methyl sites for hydroxylation is 1. The Balaban J connectivity index is 2.10.